The molecule has 0 unspecified atom stereocenters. The van der Waals surface area contributed by atoms with Crippen LogP contribution in [0.15, 0.2) is 48.6 Å². The molecule has 2 atom stereocenters. The fourth-order valence-electron chi connectivity index (χ4n) is 4.03. The van der Waals surface area contributed by atoms with Crippen molar-refractivity contribution in [2.45, 2.75) is 51.4 Å². The molecule has 4 rings (SSSR count). The Balaban J connectivity index is 1.58. The molecule has 0 radical (unpaired) electrons. The van der Waals surface area contributed by atoms with Crippen LogP contribution in [0.1, 0.15) is 48.6 Å². The Morgan fingerprint density at radius 2 is 2.04 bits per heavy atom. The highest BCUT2D eigenvalue weighted by atomic mass is 16.5. The minimum atomic E-state index is -0.537. The second kappa shape index (κ2) is 7.26. The van der Waals surface area contributed by atoms with Crippen molar-refractivity contribution in [2.75, 3.05) is 18.5 Å². The highest BCUT2D eigenvalue weighted by Gasteiger charge is 2.38. The van der Waals surface area contributed by atoms with Gasteiger partial charge in [-0.25, -0.2) is 0 Å². The van der Waals surface area contributed by atoms with Crippen LogP contribution in [0.25, 0.3) is 0 Å². The van der Waals surface area contributed by atoms with Gasteiger partial charge in [0.15, 0.2) is 0 Å². The average molecular weight is 380 g/mol. The van der Waals surface area contributed by atoms with Crippen LogP contribution in [0, 0.1) is 6.92 Å². The van der Waals surface area contributed by atoms with E-state index in [1.54, 1.807) is 0 Å². The first-order valence-electron chi connectivity index (χ1n) is 9.97. The fraction of sp³-hybridized carbons (Fsp3) is 0.417. The van der Waals surface area contributed by atoms with E-state index in [0.717, 1.165) is 35.5 Å². The lowest BCUT2D eigenvalue weighted by Crippen LogP contribution is -2.40. The van der Waals surface area contributed by atoms with Crippen molar-refractivity contribution in [3.05, 3.63) is 70.8 Å². The molecule has 1 fully saturated rings. The maximum Gasteiger partial charge on any atom is 0.142 e. The summed E-state index contributed by atoms with van der Waals surface area (Å²) in [5.74, 6) is 0.924. The number of benzene rings is 2. The van der Waals surface area contributed by atoms with Gasteiger partial charge in [0, 0.05) is 13.0 Å². The lowest BCUT2D eigenvalue weighted by atomic mass is 9.85. The summed E-state index contributed by atoms with van der Waals surface area (Å²) in [6.45, 7) is 11.6. The van der Waals surface area contributed by atoms with Gasteiger partial charge >= 0.3 is 0 Å². The number of aliphatic hydroxyl groups is 1. The zero-order valence-electron chi connectivity index (χ0n) is 16.9. The Morgan fingerprint density at radius 1 is 1.21 bits per heavy atom. The van der Waals surface area contributed by atoms with Crippen LogP contribution in [0.2, 0.25) is 0 Å². The van der Waals surface area contributed by atoms with Crippen LogP contribution in [0.4, 0.5) is 5.69 Å². The summed E-state index contributed by atoms with van der Waals surface area (Å²) < 4.78 is 12.0. The van der Waals surface area contributed by atoms with Gasteiger partial charge in [0.05, 0.1) is 23.5 Å². The number of rotatable bonds is 3. The third-order valence-electron chi connectivity index (χ3n) is 5.91. The minimum absolute atomic E-state index is 0.131. The van der Waals surface area contributed by atoms with E-state index in [0.29, 0.717) is 13.0 Å². The summed E-state index contributed by atoms with van der Waals surface area (Å²) in [5, 5.41) is 13.8. The Morgan fingerprint density at radius 3 is 2.82 bits per heavy atom. The zero-order chi connectivity index (χ0) is 19.9. The molecule has 2 heterocycles. The summed E-state index contributed by atoms with van der Waals surface area (Å²) in [6.07, 6.45) is 0.726. The number of aryl methyl sites for hydroxylation is 1. The number of fused-ring (bicyclic) bond motifs is 1. The predicted molar refractivity (Wildman–Crippen MR) is 112 cm³/mol. The Hall–Kier alpha value is -2.30. The number of hydrogen-bond acceptors (Lipinski definition) is 4. The molecule has 2 N–H and O–H groups in total. The summed E-state index contributed by atoms with van der Waals surface area (Å²) in [7, 11) is 0. The fourth-order valence-corrected chi connectivity index (χ4v) is 4.03. The van der Waals surface area contributed by atoms with E-state index in [9.17, 15) is 5.11 Å². The van der Waals surface area contributed by atoms with E-state index in [1.807, 2.05) is 19.9 Å². The van der Waals surface area contributed by atoms with Gasteiger partial charge in [-0.05, 0) is 67.2 Å². The van der Waals surface area contributed by atoms with Crippen molar-refractivity contribution in [3.63, 3.8) is 0 Å². The second-order valence-corrected chi connectivity index (χ2v) is 8.36. The maximum absolute atomic E-state index is 10.4. The van der Waals surface area contributed by atoms with Crippen molar-refractivity contribution in [1.82, 2.24) is 0 Å². The van der Waals surface area contributed by atoms with Gasteiger partial charge in [-0.1, -0.05) is 30.8 Å². The molecule has 0 saturated carbocycles. The third-order valence-corrected chi connectivity index (χ3v) is 5.91. The lowest BCUT2D eigenvalue weighted by molar-refractivity contribution is -0.105. The topological polar surface area (TPSA) is 50.7 Å². The molecule has 1 saturated heterocycles. The van der Waals surface area contributed by atoms with Crippen molar-refractivity contribution in [3.8, 4) is 5.75 Å². The van der Waals surface area contributed by atoms with Crippen LogP contribution >= 0.6 is 0 Å². The molecular formula is C24H29NO3. The standard InChI is InChI=1S/C24H29NO3/c1-15-5-7-18(23-14-21(26)16(2)24(3,4)28-23)13-19(15)11-17-6-8-22-20(12-17)25-9-10-27-22/h5-8,12-13,21,23,25-26H,2,9-11,14H2,1,3-4H3/t21-,23-/m1/s1. The summed E-state index contributed by atoms with van der Waals surface area (Å²) in [6, 6.07) is 12.8. The van der Waals surface area contributed by atoms with E-state index < -0.39 is 11.7 Å². The van der Waals surface area contributed by atoms with E-state index in [4.69, 9.17) is 9.47 Å². The van der Waals surface area contributed by atoms with Crippen LogP contribution < -0.4 is 10.1 Å². The van der Waals surface area contributed by atoms with Gasteiger partial charge in [0.25, 0.3) is 0 Å². The Labute approximate surface area is 167 Å². The monoisotopic (exact) mass is 379 g/mol. The van der Waals surface area contributed by atoms with Crippen LogP contribution in [-0.4, -0.2) is 30.0 Å². The largest absolute Gasteiger partial charge is 0.490 e. The molecular weight excluding hydrogens is 350 g/mol. The maximum atomic E-state index is 10.4. The van der Waals surface area contributed by atoms with Gasteiger partial charge in [-0.2, -0.15) is 0 Å². The normalized spacial score (nSPS) is 23.5. The van der Waals surface area contributed by atoms with Crippen molar-refractivity contribution >= 4 is 5.69 Å². The molecule has 2 aliphatic heterocycles. The van der Waals surface area contributed by atoms with Crippen molar-refractivity contribution < 1.29 is 14.6 Å². The van der Waals surface area contributed by atoms with Crippen molar-refractivity contribution in [1.29, 1.82) is 0 Å². The summed E-state index contributed by atoms with van der Waals surface area (Å²) >= 11 is 0. The number of ether oxygens (including phenoxy) is 2. The number of hydrogen-bond donors (Lipinski definition) is 2. The molecule has 0 bridgehead atoms. The van der Waals surface area contributed by atoms with Crippen molar-refractivity contribution in [2.24, 2.45) is 0 Å². The van der Waals surface area contributed by atoms with Gasteiger partial charge in [0.1, 0.15) is 12.4 Å². The molecule has 28 heavy (non-hydrogen) atoms. The number of nitrogens with one attached hydrogen (secondary N) is 1. The van der Waals surface area contributed by atoms with Crippen LogP contribution in [-0.2, 0) is 11.2 Å². The molecule has 2 aliphatic rings. The zero-order valence-corrected chi connectivity index (χ0v) is 16.9. The first kappa shape index (κ1) is 19.0. The SMILES string of the molecule is C=C1[C@H](O)C[C@H](c2ccc(C)c(Cc3ccc4c(c3)NCCO4)c2)OC1(C)C. The van der Waals surface area contributed by atoms with E-state index >= 15 is 0 Å². The average Bonchev–Trinajstić information content (AvgIpc) is 2.67. The van der Waals surface area contributed by atoms with E-state index in [2.05, 4.69) is 49.2 Å². The lowest BCUT2D eigenvalue weighted by Gasteiger charge is -2.41. The van der Waals surface area contributed by atoms with E-state index in [1.165, 1.54) is 16.7 Å². The van der Waals surface area contributed by atoms with Gasteiger partial charge in [-0.3, -0.25) is 0 Å². The first-order chi connectivity index (χ1) is 13.3. The molecule has 2 aromatic carbocycles. The molecule has 0 amide bonds. The van der Waals surface area contributed by atoms with Gasteiger partial charge in [0.2, 0.25) is 0 Å². The Kier molecular flexibility index (Phi) is 4.94. The quantitative estimate of drug-likeness (QED) is 0.769. The minimum Gasteiger partial charge on any atom is -0.490 e. The van der Waals surface area contributed by atoms with Crippen LogP contribution in [0.5, 0.6) is 5.75 Å². The van der Waals surface area contributed by atoms with Crippen LogP contribution in [0.3, 0.4) is 0 Å². The van der Waals surface area contributed by atoms with Gasteiger partial charge < -0.3 is 19.9 Å². The Bertz CT molecular complexity index is 903. The second-order valence-electron chi connectivity index (χ2n) is 8.36. The first-order valence-corrected chi connectivity index (χ1v) is 9.97. The molecule has 4 nitrogen and oxygen atoms in total. The molecule has 148 valence electrons. The number of aliphatic hydroxyl groups excluding tert-OH is 1. The van der Waals surface area contributed by atoms with E-state index in [-0.39, 0.29) is 6.10 Å². The summed E-state index contributed by atoms with van der Waals surface area (Å²) in [4.78, 5) is 0. The summed E-state index contributed by atoms with van der Waals surface area (Å²) in [5.41, 5.74) is 6.17. The molecule has 2 aromatic rings. The molecule has 4 heteroatoms. The molecule has 0 aliphatic carbocycles. The number of anilines is 1. The smallest absolute Gasteiger partial charge is 0.142 e. The predicted octanol–water partition coefficient (Wildman–Crippen LogP) is 4.55. The molecule has 0 aromatic heterocycles. The molecule has 0 spiro atoms. The van der Waals surface area contributed by atoms with Gasteiger partial charge in [-0.15, -0.1) is 0 Å². The highest BCUT2D eigenvalue weighted by Crippen LogP contribution is 2.40. The third kappa shape index (κ3) is 3.67. The highest BCUT2D eigenvalue weighted by molar-refractivity contribution is 5.59.